The highest BCUT2D eigenvalue weighted by molar-refractivity contribution is 6.10. The predicted octanol–water partition coefficient (Wildman–Crippen LogP) is 1.56. The van der Waals surface area contributed by atoms with Gasteiger partial charge in [0.25, 0.3) is 0 Å². The van der Waals surface area contributed by atoms with Gasteiger partial charge in [0.05, 0.1) is 7.85 Å². The molecule has 0 amide bonds. The van der Waals surface area contributed by atoms with E-state index in [2.05, 4.69) is 30.6 Å². The lowest BCUT2D eigenvalue weighted by Gasteiger charge is -2.27. The van der Waals surface area contributed by atoms with Crippen molar-refractivity contribution in [3.63, 3.8) is 0 Å². The highest BCUT2D eigenvalue weighted by atomic mass is 15.1. The Bertz CT molecular complexity index is 190. The Balaban J connectivity index is 4.14. The summed E-state index contributed by atoms with van der Waals surface area (Å²) >= 11 is 0. The molecule has 0 aliphatic carbocycles. The largest absolute Gasteiger partial charge is 0.374 e. The highest BCUT2D eigenvalue weighted by Crippen LogP contribution is 2.09. The van der Waals surface area contributed by atoms with Crippen LogP contribution in [0.2, 0.25) is 6.32 Å². The SMILES string of the molecule is [B]CC(=C)N(CCN)CC(C)C=CC. The third-order valence-electron chi connectivity index (χ3n) is 2.11. The highest BCUT2D eigenvalue weighted by Gasteiger charge is 2.07. The number of hydrogen-bond acceptors (Lipinski definition) is 2. The summed E-state index contributed by atoms with van der Waals surface area (Å²) in [6.07, 6.45) is 4.74. The second-order valence-electron chi connectivity index (χ2n) is 3.51. The molecule has 0 saturated heterocycles. The maximum Gasteiger partial charge on any atom is 0.0736 e. The van der Waals surface area contributed by atoms with Crippen LogP contribution in [-0.2, 0) is 0 Å². The first-order valence-corrected chi connectivity index (χ1v) is 5.11. The molecule has 2 radical (unpaired) electrons. The zero-order valence-corrected chi connectivity index (χ0v) is 9.37. The van der Waals surface area contributed by atoms with Gasteiger partial charge >= 0.3 is 0 Å². The van der Waals surface area contributed by atoms with Crippen molar-refractivity contribution in [3.8, 4) is 0 Å². The predicted molar refractivity (Wildman–Crippen MR) is 64.3 cm³/mol. The third-order valence-corrected chi connectivity index (χ3v) is 2.11. The first kappa shape index (κ1) is 13.3. The fourth-order valence-electron chi connectivity index (χ4n) is 1.40. The summed E-state index contributed by atoms with van der Waals surface area (Å²) in [4.78, 5) is 2.16. The normalized spacial score (nSPS) is 13.1. The Kier molecular flexibility index (Phi) is 7.30. The molecule has 0 aromatic rings. The van der Waals surface area contributed by atoms with E-state index in [1.54, 1.807) is 0 Å². The van der Waals surface area contributed by atoms with Crippen LogP contribution in [0.4, 0.5) is 0 Å². The van der Waals surface area contributed by atoms with Crippen molar-refractivity contribution < 1.29 is 0 Å². The molecule has 2 nitrogen and oxygen atoms in total. The number of allylic oxidation sites excluding steroid dienone is 2. The molecule has 0 rings (SSSR count). The fourth-order valence-corrected chi connectivity index (χ4v) is 1.40. The average Bonchev–Trinajstić information content (AvgIpc) is 2.16. The minimum Gasteiger partial charge on any atom is -0.374 e. The Morgan fingerprint density at radius 3 is 2.71 bits per heavy atom. The minimum atomic E-state index is 0.503. The first-order chi connectivity index (χ1) is 6.65. The van der Waals surface area contributed by atoms with Crippen molar-refractivity contribution in [2.45, 2.75) is 20.2 Å². The summed E-state index contributed by atoms with van der Waals surface area (Å²) in [5.41, 5.74) is 6.49. The molecule has 14 heavy (non-hydrogen) atoms. The molecule has 0 aliphatic rings. The van der Waals surface area contributed by atoms with Gasteiger partial charge in [-0.3, -0.25) is 0 Å². The van der Waals surface area contributed by atoms with Crippen LogP contribution in [0.1, 0.15) is 13.8 Å². The van der Waals surface area contributed by atoms with Gasteiger partial charge in [-0.25, -0.2) is 0 Å². The van der Waals surface area contributed by atoms with E-state index in [-0.39, 0.29) is 0 Å². The number of hydrogen-bond donors (Lipinski definition) is 1. The van der Waals surface area contributed by atoms with Crippen LogP contribution in [0.25, 0.3) is 0 Å². The molecule has 0 bridgehead atoms. The standard InChI is InChI=1S/C11H21BN2/c1-4-5-10(2)9-14(7-6-13)11(3)8-12/h4-5,10H,3,6-9,13H2,1-2H3. The molecule has 0 aliphatic heterocycles. The van der Waals surface area contributed by atoms with Gasteiger partial charge in [-0.05, 0) is 18.5 Å². The van der Waals surface area contributed by atoms with E-state index in [0.717, 1.165) is 18.8 Å². The van der Waals surface area contributed by atoms with Crippen molar-refractivity contribution in [2.75, 3.05) is 19.6 Å². The van der Waals surface area contributed by atoms with E-state index in [1.165, 1.54) is 0 Å². The van der Waals surface area contributed by atoms with Crippen LogP contribution in [0.5, 0.6) is 0 Å². The molecule has 3 heteroatoms. The molecule has 0 heterocycles. The Labute approximate surface area is 89.3 Å². The number of nitrogens with zero attached hydrogens (tertiary/aromatic N) is 1. The lowest BCUT2D eigenvalue weighted by molar-refractivity contribution is 0.326. The number of nitrogens with two attached hydrogens (primary N) is 1. The Hall–Kier alpha value is -0.695. The Morgan fingerprint density at radius 2 is 2.29 bits per heavy atom. The molecular weight excluding hydrogens is 171 g/mol. The van der Waals surface area contributed by atoms with E-state index in [0.29, 0.717) is 18.8 Å². The quantitative estimate of drug-likeness (QED) is 0.490. The lowest BCUT2D eigenvalue weighted by atomic mass is 10.0. The topological polar surface area (TPSA) is 29.3 Å². The summed E-state index contributed by atoms with van der Waals surface area (Å²) < 4.78 is 0. The van der Waals surface area contributed by atoms with Gasteiger partial charge in [0, 0.05) is 19.6 Å². The summed E-state index contributed by atoms with van der Waals surface area (Å²) in [5.74, 6) is 0.509. The van der Waals surface area contributed by atoms with Crippen molar-refractivity contribution in [2.24, 2.45) is 11.7 Å². The maximum absolute atomic E-state index is 5.55. The summed E-state index contributed by atoms with van der Waals surface area (Å²) in [7, 11) is 5.55. The zero-order chi connectivity index (χ0) is 11.0. The van der Waals surface area contributed by atoms with E-state index in [9.17, 15) is 0 Å². The minimum absolute atomic E-state index is 0.503. The molecule has 1 unspecified atom stereocenters. The second-order valence-corrected chi connectivity index (χ2v) is 3.51. The third kappa shape index (κ3) is 5.13. The van der Waals surface area contributed by atoms with Crippen molar-refractivity contribution >= 4 is 7.85 Å². The van der Waals surface area contributed by atoms with Gasteiger partial charge in [-0.2, -0.15) is 0 Å². The van der Waals surface area contributed by atoms with E-state index >= 15 is 0 Å². The molecule has 0 saturated carbocycles. The van der Waals surface area contributed by atoms with Gasteiger partial charge in [0.15, 0.2) is 0 Å². The summed E-state index contributed by atoms with van der Waals surface area (Å²) in [5, 5.41) is 0. The second kappa shape index (κ2) is 7.68. The molecule has 0 fully saturated rings. The fraction of sp³-hybridized carbons (Fsp3) is 0.636. The Morgan fingerprint density at radius 1 is 1.64 bits per heavy atom. The van der Waals surface area contributed by atoms with Crippen molar-refractivity contribution in [1.82, 2.24) is 4.90 Å². The lowest BCUT2D eigenvalue weighted by Crippen LogP contribution is -2.31. The molecular formula is C11H21BN2. The molecule has 0 aromatic carbocycles. The van der Waals surface area contributed by atoms with Crippen molar-refractivity contribution in [1.29, 1.82) is 0 Å². The van der Waals surface area contributed by atoms with Gasteiger partial charge < -0.3 is 10.6 Å². The van der Waals surface area contributed by atoms with E-state index in [1.807, 2.05) is 6.92 Å². The van der Waals surface area contributed by atoms with Crippen LogP contribution < -0.4 is 5.73 Å². The summed E-state index contributed by atoms with van der Waals surface area (Å²) in [6.45, 7) is 10.5. The number of rotatable bonds is 7. The van der Waals surface area contributed by atoms with Crippen LogP contribution in [0.15, 0.2) is 24.4 Å². The molecule has 1 atom stereocenters. The van der Waals surface area contributed by atoms with Crippen LogP contribution in [-0.4, -0.2) is 32.4 Å². The van der Waals surface area contributed by atoms with Crippen LogP contribution >= 0.6 is 0 Å². The molecule has 78 valence electrons. The van der Waals surface area contributed by atoms with E-state index < -0.39 is 0 Å². The zero-order valence-electron chi connectivity index (χ0n) is 9.37. The van der Waals surface area contributed by atoms with Gasteiger partial charge in [0.2, 0.25) is 0 Å². The average molecular weight is 192 g/mol. The molecule has 0 aromatic heterocycles. The molecule has 2 N–H and O–H groups in total. The van der Waals surface area contributed by atoms with Crippen LogP contribution in [0.3, 0.4) is 0 Å². The monoisotopic (exact) mass is 192 g/mol. The van der Waals surface area contributed by atoms with Crippen LogP contribution in [0, 0.1) is 5.92 Å². The van der Waals surface area contributed by atoms with E-state index in [4.69, 9.17) is 13.6 Å². The summed E-state index contributed by atoms with van der Waals surface area (Å²) in [6, 6.07) is 0. The van der Waals surface area contributed by atoms with Gasteiger partial charge in [-0.15, -0.1) is 0 Å². The maximum atomic E-state index is 5.55. The molecule has 0 spiro atoms. The van der Waals surface area contributed by atoms with Gasteiger partial charge in [0.1, 0.15) is 0 Å². The first-order valence-electron chi connectivity index (χ1n) is 5.11. The van der Waals surface area contributed by atoms with Crippen molar-refractivity contribution in [3.05, 3.63) is 24.4 Å². The van der Waals surface area contributed by atoms with Gasteiger partial charge in [-0.1, -0.05) is 32.0 Å². The smallest absolute Gasteiger partial charge is 0.0736 e.